The quantitative estimate of drug-likeness (QED) is 0.860. The molecule has 10 heteroatoms. The van der Waals surface area contributed by atoms with E-state index in [2.05, 4.69) is 15.2 Å². The predicted octanol–water partition coefficient (Wildman–Crippen LogP) is 2.53. The van der Waals surface area contributed by atoms with Crippen molar-refractivity contribution in [2.45, 2.75) is 19.2 Å². The van der Waals surface area contributed by atoms with E-state index in [-0.39, 0.29) is 11.2 Å². The molecule has 1 saturated heterocycles. The third kappa shape index (κ3) is 4.81. The van der Waals surface area contributed by atoms with Gasteiger partial charge in [-0.3, -0.25) is 9.59 Å². The number of carbonyl (C=O) groups excluding carboxylic acids is 1. The van der Waals surface area contributed by atoms with Gasteiger partial charge in [0.25, 0.3) is 5.56 Å². The van der Waals surface area contributed by atoms with Crippen molar-refractivity contribution < 1.29 is 22.7 Å². The van der Waals surface area contributed by atoms with Crippen molar-refractivity contribution in [1.29, 1.82) is 0 Å². The second kappa shape index (κ2) is 7.91. The van der Waals surface area contributed by atoms with E-state index in [1.807, 2.05) is 4.90 Å². The summed E-state index contributed by atoms with van der Waals surface area (Å²) in [6.45, 7) is 1.02. The highest BCUT2D eigenvalue weighted by Gasteiger charge is 2.33. The van der Waals surface area contributed by atoms with Crippen LogP contribution in [0.1, 0.15) is 12.8 Å². The summed E-state index contributed by atoms with van der Waals surface area (Å²) >= 11 is 0. The Labute approximate surface area is 158 Å². The summed E-state index contributed by atoms with van der Waals surface area (Å²) in [5.41, 5.74) is -0.279. The number of nitrogens with zero attached hydrogens (tertiary/aromatic N) is 3. The summed E-state index contributed by atoms with van der Waals surface area (Å²) in [5, 5.41) is 6.71. The van der Waals surface area contributed by atoms with Gasteiger partial charge in [-0.25, -0.2) is 4.68 Å². The molecule has 7 nitrogen and oxygen atoms in total. The molecule has 0 aliphatic carbocycles. The summed E-state index contributed by atoms with van der Waals surface area (Å²) < 4.78 is 42.8. The molecule has 0 unspecified atom stereocenters. The van der Waals surface area contributed by atoms with Gasteiger partial charge >= 0.3 is 6.36 Å². The maximum absolute atomic E-state index is 12.6. The molecule has 2 aromatic rings. The average molecular weight is 396 g/mol. The highest BCUT2D eigenvalue weighted by atomic mass is 19.4. The monoisotopic (exact) mass is 396 g/mol. The van der Waals surface area contributed by atoms with Gasteiger partial charge in [0, 0.05) is 26.2 Å². The fraction of sp³-hybridized carbons (Fsp3) is 0.389. The zero-order chi connectivity index (χ0) is 20.3. The van der Waals surface area contributed by atoms with Gasteiger partial charge in [-0.15, -0.1) is 13.2 Å². The van der Waals surface area contributed by atoms with Crippen LogP contribution >= 0.6 is 0 Å². The Bertz CT molecular complexity index is 913. The van der Waals surface area contributed by atoms with Crippen LogP contribution in [-0.2, 0) is 11.8 Å². The van der Waals surface area contributed by atoms with Crippen LogP contribution in [0, 0.1) is 5.92 Å². The molecule has 0 spiro atoms. The minimum atomic E-state index is -4.85. The van der Waals surface area contributed by atoms with Gasteiger partial charge in [0.1, 0.15) is 5.82 Å². The maximum Gasteiger partial charge on any atom is 0.573 e. The number of hydrogen-bond acceptors (Lipinski definition) is 5. The Morgan fingerprint density at radius 3 is 2.71 bits per heavy atom. The number of hydrogen-bond donors (Lipinski definition) is 1. The molecule has 1 aromatic carbocycles. The van der Waals surface area contributed by atoms with E-state index in [0.717, 1.165) is 6.07 Å². The van der Waals surface area contributed by atoms with Crippen molar-refractivity contribution >= 4 is 17.4 Å². The smallest absolute Gasteiger partial charge is 0.404 e. The first-order chi connectivity index (χ1) is 13.2. The fourth-order valence-corrected chi connectivity index (χ4v) is 3.08. The van der Waals surface area contributed by atoms with Crippen molar-refractivity contribution in [3.63, 3.8) is 0 Å². The topological polar surface area (TPSA) is 76.5 Å². The third-order valence-corrected chi connectivity index (χ3v) is 4.43. The van der Waals surface area contributed by atoms with Crippen molar-refractivity contribution in [3.05, 3.63) is 46.8 Å². The SMILES string of the molecule is Cn1nc(N2CCC[C@H](C(=O)Nc3ccccc3OC(F)(F)F)C2)ccc1=O. The number of amides is 1. The molecule has 1 aliphatic rings. The normalized spacial score (nSPS) is 17.3. The summed E-state index contributed by atoms with van der Waals surface area (Å²) in [4.78, 5) is 26.0. The molecule has 3 rings (SSSR count). The number of benzene rings is 1. The van der Waals surface area contributed by atoms with Crippen molar-refractivity contribution in [3.8, 4) is 5.75 Å². The molecule has 28 heavy (non-hydrogen) atoms. The first kappa shape index (κ1) is 19.7. The van der Waals surface area contributed by atoms with Gasteiger partial charge in [-0.2, -0.15) is 5.10 Å². The van der Waals surface area contributed by atoms with Crippen LogP contribution in [0.5, 0.6) is 5.75 Å². The molecule has 1 fully saturated rings. The van der Waals surface area contributed by atoms with Crippen LogP contribution in [-0.4, -0.2) is 35.1 Å². The van der Waals surface area contributed by atoms with E-state index in [4.69, 9.17) is 0 Å². The van der Waals surface area contributed by atoms with E-state index < -0.39 is 23.9 Å². The van der Waals surface area contributed by atoms with Crippen LogP contribution in [0.3, 0.4) is 0 Å². The van der Waals surface area contributed by atoms with Crippen LogP contribution in [0.4, 0.5) is 24.7 Å². The number of anilines is 2. The van der Waals surface area contributed by atoms with E-state index >= 15 is 0 Å². The lowest BCUT2D eigenvalue weighted by atomic mass is 9.97. The summed E-state index contributed by atoms with van der Waals surface area (Å²) in [7, 11) is 1.54. The van der Waals surface area contributed by atoms with Gasteiger partial charge in [-0.05, 0) is 31.0 Å². The van der Waals surface area contributed by atoms with Crippen LogP contribution in [0.2, 0.25) is 0 Å². The lowest BCUT2D eigenvalue weighted by molar-refractivity contribution is -0.274. The van der Waals surface area contributed by atoms with Crippen LogP contribution in [0.25, 0.3) is 0 Å². The third-order valence-electron chi connectivity index (χ3n) is 4.43. The molecule has 0 saturated carbocycles. The molecule has 1 atom stereocenters. The Morgan fingerprint density at radius 1 is 1.25 bits per heavy atom. The van der Waals surface area contributed by atoms with Crippen molar-refractivity contribution in [2.75, 3.05) is 23.3 Å². The number of rotatable bonds is 4. The number of carbonyl (C=O) groups is 1. The molecule has 1 amide bonds. The molecule has 1 aliphatic heterocycles. The maximum atomic E-state index is 12.6. The molecule has 150 valence electrons. The minimum absolute atomic E-state index is 0.0396. The van der Waals surface area contributed by atoms with Gasteiger partial charge in [0.2, 0.25) is 5.91 Å². The second-order valence-electron chi connectivity index (χ2n) is 6.47. The zero-order valence-electron chi connectivity index (χ0n) is 15.1. The number of aromatic nitrogens is 2. The summed E-state index contributed by atoms with van der Waals surface area (Å²) in [5.74, 6) is -0.726. The highest BCUT2D eigenvalue weighted by molar-refractivity contribution is 5.94. The van der Waals surface area contributed by atoms with Gasteiger partial charge in [-0.1, -0.05) is 12.1 Å². The van der Waals surface area contributed by atoms with Crippen molar-refractivity contribution in [2.24, 2.45) is 13.0 Å². The van der Waals surface area contributed by atoms with E-state index in [1.54, 1.807) is 6.07 Å². The van der Waals surface area contributed by atoms with Crippen LogP contribution in [0.15, 0.2) is 41.2 Å². The number of halogens is 3. The number of ether oxygens (including phenoxy) is 1. The number of piperidine rings is 1. The molecular weight excluding hydrogens is 377 g/mol. The van der Waals surface area contributed by atoms with Crippen LogP contribution < -0.4 is 20.5 Å². The van der Waals surface area contributed by atoms with E-state index in [1.165, 1.54) is 36.0 Å². The first-order valence-corrected chi connectivity index (χ1v) is 8.68. The molecule has 2 heterocycles. The van der Waals surface area contributed by atoms with Gasteiger partial charge < -0.3 is 15.0 Å². The molecular formula is C18H19F3N4O3. The number of aryl methyl sites for hydroxylation is 1. The van der Waals surface area contributed by atoms with E-state index in [0.29, 0.717) is 31.7 Å². The second-order valence-corrected chi connectivity index (χ2v) is 6.47. The average Bonchev–Trinajstić information content (AvgIpc) is 2.64. The minimum Gasteiger partial charge on any atom is -0.404 e. The number of nitrogens with one attached hydrogen (secondary N) is 1. The Kier molecular flexibility index (Phi) is 5.57. The van der Waals surface area contributed by atoms with E-state index in [9.17, 15) is 22.8 Å². The molecule has 0 bridgehead atoms. The summed E-state index contributed by atoms with van der Waals surface area (Å²) in [6, 6.07) is 8.40. The Hall–Kier alpha value is -3.04. The fourth-order valence-electron chi connectivity index (χ4n) is 3.08. The number of para-hydroxylation sites is 2. The first-order valence-electron chi connectivity index (χ1n) is 8.68. The molecule has 0 radical (unpaired) electrons. The Balaban J connectivity index is 1.71. The largest absolute Gasteiger partial charge is 0.573 e. The predicted molar refractivity (Wildman–Crippen MR) is 96.2 cm³/mol. The Morgan fingerprint density at radius 2 is 2.00 bits per heavy atom. The lowest BCUT2D eigenvalue weighted by Crippen LogP contribution is -2.41. The van der Waals surface area contributed by atoms with Gasteiger partial charge in [0.15, 0.2) is 5.75 Å². The number of alkyl halides is 3. The zero-order valence-corrected chi connectivity index (χ0v) is 15.1. The standard InChI is InChI=1S/C18H19F3N4O3/c1-24-16(26)9-8-15(23-24)25-10-4-5-12(11-25)17(27)22-13-6-2-3-7-14(13)28-18(19,20)21/h2-3,6-9,12H,4-5,10-11H2,1H3,(H,22,27)/t12-/m0/s1. The van der Waals surface area contributed by atoms with Gasteiger partial charge in [0.05, 0.1) is 11.6 Å². The molecule has 1 N–H and O–H groups in total. The summed E-state index contributed by atoms with van der Waals surface area (Å²) in [6.07, 6.45) is -3.54. The highest BCUT2D eigenvalue weighted by Crippen LogP contribution is 2.31. The molecule has 1 aromatic heterocycles. The van der Waals surface area contributed by atoms with Crippen molar-refractivity contribution in [1.82, 2.24) is 9.78 Å². The lowest BCUT2D eigenvalue weighted by Gasteiger charge is -2.32.